The van der Waals surface area contributed by atoms with Gasteiger partial charge in [0.2, 0.25) is 0 Å². The van der Waals surface area contributed by atoms with E-state index in [0.717, 1.165) is 32.9 Å². The van der Waals surface area contributed by atoms with Gasteiger partial charge >= 0.3 is 0 Å². The van der Waals surface area contributed by atoms with Crippen molar-refractivity contribution < 1.29 is 5.11 Å². The fourth-order valence-corrected chi connectivity index (χ4v) is 12.2. The Morgan fingerprint density at radius 2 is 1.08 bits per heavy atom. The summed E-state index contributed by atoms with van der Waals surface area (Å²) in [6.07, 6.45) is 1.87. The quantitative estimate of drug-likeness (QED) is 0.0950. The minimum atomic E-state index is -3.04. The largest absolute Gasteiger partial charge is 0.507 e. The van der Waals surface area contributed by atoms with Crippen LogP contribution in [-0.4, -0.2) is 24.4 Å². The first-order valence-corrected chi connectivity index (χ1v) is 19.5. The van der Waals surface area contributed by atoms with Crippen LogP contribution in [0.25, 0.3) is 22.0 Å². The van der Waals surface area contributed by atoms with Crippen molar-refractivity contribution in [3.63, 3.8) is 0 Å². The van der Waals surface area contributed by atoms with E-state index in [9.17, 15) is 5.11 Å². The van der Waals surface area contributed by atoms with Crippen molar-refractivity contribution in [1.82, 2.24) is 4.98 Å². The zero-order valence-corrected chi connectivity index (χ0v) is 30.1. The summed E-state index contributed by atoms with van der Waals surface area (Å²) in [6, 6.07) is 55.1. The summed E-state index contributed by atoms with van der Waals surface area (Å²) in [5.41, 5.74) is 5.65. The molecule has 1 heterocycles. The first kappa shape index (κ1) is 32.9. The van der Waals surface area contributed by atoms with Crippen LogP contribution in [0.3, 0.4) is 0 Å². The normalized spacial score (nSPS) is 12.0. The molecule has 1 aromatic heterocycles. The molecule has 0 saturated heterocycles. The van der Waals surface area contributed by atoms with Crippen LogP contribution in [0.5, 0.6) is 5.75 Å². The summed E-state index contributed by atoms with van der Waals surface area (Å²) in [5, 5.41) is 19.4. The number of nitrogens with zero attached hydrogens (tertiary/aromatic N) is 2. The molecule has 0 unspecified atom stereocenters. The average molecular weight is 667 g/mol. The highest BCUT2D eigenvalue weighted by atomic mass is 28.3. The summed E-state index contributed by atoms with van der Waals surface area (Å²) in [6.45, 7) is 8.84. The molecule has 7 rings (SSSR count). The zero-order chi connectivity index (χ0) is 34.7. The lowest BCUT2D eigenvalue weighted by molar-refractivity contribution is 0.482. The molecule has 0 aliphatic heterocycles. The fourth-order valence-electron chi connectivity index (χ4n) is 7.37. The molecule has 0 aliphatic rings. The first-order chi connectivity index (χ1) is 24.4. The number of hydrogen-bond donors (Lipinski definition) is 1. The molecule has 0 atom stereocenters. The predicted molar refractivity (Wildman–Crippen MR) is 214 cm³/mol. The summed E-state index contributed by atoms with van der Waals surface area (Å²) in [4.78, 5) is 10.2. The molecule has 0 saturated carbocycles. The third-order valence-corrected chi connectivity index (χ3v) is 14.5. The van der Waals surface area contributed by atoms with E-state index in [2.05, 4.69) is 161 Å². The first-order valence-electron chi connectivity index (χ1n) is 17.5. The van der Waals surface area contributed by atoms with Crippen LogP contribution >= 0.6 is 0 Å². The second-order valence-corrected chi connectivity index (χ2v) is 17.3. The van der Waals surface area contributed by atoms with E-state index in [0.29, 0.717) is 17.5 Å². The third kappa shape index (κ3) is 5.97. The molecule has 0 amide bonds. The maximum Gasteiger partial charge on any atom is 0.184 e. The molecule has 0 spiro atoms. The molecule has 0 radical (unpaired) electrons. The van der Waals surface area contributed by atoms with Gasteiger partial charge in [-0.2, -0.15) is 0 Å². The third-order valence-electron chi connectivity index (χ3n) is 9.74. The zero-order valence-electron chi connectivity index (χ0n) is 29.1. The highest BCUT2D eigenvalue weighted by Crippen LogP contribution is 2.37. The van der Waals surface area contributed by atoms with Gasteiger partial charge in [0, 0.05) is 5.56 Å². The van der Waals surface area contributed by atoms with Crippen LogP contribution in [-0.2, 0) is 0 Å². The van der Waals surface area contributed by atoms with Crippen molar-refractivity contribution in [2.24, 2.45) is 4.99 Å². The molecule has 0 aliphatic carbocycles. The number of aliphatic imine (C=N–C) groups is 1. The van der Waals surface area contributed by atoms with Gasteiger partial charge in [0.15, 0.2) is 8.07 Å². The van der Waals surface area contributed by atoms with Crippen molar-refractivity contribution in [3.05, 3.63) is 175 Å². The van der Waals surface area contributed by atoms with Gasteiger partial charge in [-0.25, -0.2) is 4.98 Å². The molecule has 4 heteroatoms. The Hall–Kier alpha value is -5.58. The Balaban J connectivity index is 1.49. The van der Waals surface area contributed by atoms with Crippen LogP contribution in [0.4, 0.5) is 5.69 Å². The molecule has 7 aromatic rings. The Bertz CT molecular complexity index is 2160. The number of rotatable bonds is 9. The summed E-state index contributed by atoms with van der Waals surface area (Å²) in [7, 11) is -3.04. The highest BCUT2D eigenvalue weighted by molar-refractivity contribution is 7.20. The van der Waals surface area contributed by atoms with E-state index in [-0.39, 0.29) is 5.75 Å². The lowest BCUT2D eigenvalue weighted by atomic mass is 9.93. The van der Waals surface area contributed by atoms with E-state index in [4.69, 9.17) is 9.98 Å². The van der Waals surface area contributed by atoms with Crippen LogP contribution in [0.2, 0.25) is 0 Å². The van der Waals surface area contributed by atoms with Crippen molar-refractivity contribution in [3.8, 4) is 17.0 Å². The van der Waals surface area contributed by atoms with Gasteiger partial charge in [-0.1, -0.05) is 173 Å². The predicted octanol–water partition coefficient (Wildman–Crippen LogP) is 8.98. The summed E-state index contributed by atoms with van der Waals surface area (Å²) in [5.74, 6) is 0.949. The molecule has 6 aromatic carbocycles. The van der Waals surface area contributed by atoms with Gasteiger partial charge in [0.25, 0.3) is 0 Å². The molecule has 1 N–H and O–H groups in total. The second kappa shape index (κ2) is 14.1. The van der Waals surface area contributed by atoms with Crippen LogP contribution in [0, 0.1) is 0 Å². The van der Waals surface area contributed by atoms with Gasteiger partial charge in [0.1, 0.15) is 5.75 Å². The minimum Gasteiger partial charge on any atom is -0.507 e. The number of para-hydroxylation sites is 1. The van der Waals surface area contributed by atoms with Gasteiger partial charge in [-0.05, 0) is 66.6 Å². The van der Waals surface area contributed by atoms with Crippen molar-refractivity contribution in [1.29, 1.82) is 0 Å². The molecule has 3 nitrogen and oxygen atoms in total. The van der Waals surface area contributed by atoms with E-state index < -0.39 is 8.07 Å². The smallest absolute Gasteiger partial charge is 0.184 e. The number of benzene rings is 6. The van der Waals surface area contributed by atoms with Crippen molar-refractivity contribution in [2.45, 2.75) is 39.5 Å². The molecule has 246 valence electrons. The number of aromatic hydroxyl groups is 1. The standard InChI is InChI=1S/C46H42N2OSi/c1-32(2)39-27-17-28-40(33(3)4)45(39)47-31-35-19-16-29-42(48-35)44-41-26-15-14-18-34(41)30-43(46(44)49)50(36-20-8-5-9-21-36,37-22-10-6-11-23-37)38-24-12-7-13-25-38/h5-33,49H,1-4H3. The number of phenolic OH excluding ortho intramolecular Hbond substituents is 1. The Labute approximate surface area is 296 Å². The number of hydrogen-bond acceptors (Lipinski definition) is 3. The molecule has 0 fully saturated rings. The van der Waals surface area contributed by atoms with Crippen molar-refractivity contribution >= 4 is 51.5 Å². The summed E-state index contributed by atoms with van der Waals surface area (Å²) < 4.78 is 0. The fraction of sp³-hybridized carbons (Fsp3) is 0.130. The van der Waals surface area contributed by atoms with Gasteiger partial charge in [-0.3, -0.25) is 4.99 Å². The lowest BCUT2D eigenvalue weighted by Gasteiger charge is -2.35. The van der Waals surface area contributed by atoms with Gasteiger partial charge in [-0.15, -0.1) is 0 Å². The molecular formula is C46H42N2OSi. The van der Waals surface area contributed by atoms with E-state index >= 15 is 0 Å². The van der Waals surface area contributed by atoms with Gasteiger partial charge in [0.05, 0.1) is 23.3 Å². The van der Waals surface area contributed by atoms with Crippen LogP contribution in [0.1, 0.15) is 56.4 Å². The van der Waals surface area contributed by atoms with E-state index in [1.54, 1.807) is 0 Å². The second-order valence-electron chi connectivity index (χ2n) is 13.5. The Morgan fingerprint density at radius 1 is 0.580 bits per heavy atom. The maximum absolute atomic E-state index is 12.8. The summed E-state index contributed by atoms with van der Waals surface area (Å²) >= 11 is 0. The van der Waals surface area contributed by atoms with E-state index in [1.807, 2.05) is 30.5 Å². The molecular weight excluding hydrogens is 625 g/mol. The Morgan fingerprint density at radius 3 is 1.62 bits per heavy atom. The van der Waals surface area contributed by atoms with Crippen LogP contribution < -0.4 is 20.7 Å². The maximum atomic E-state index is 12.8. The molecule has 50 heavy (non-hydrogen) atoms. The minimum absolute atomic E-state index is 0.265. The van der Waals surface area contributed by atoms with Crippen molar-refractivity contribution in [2.75, 3.05) is 0 Å². The number of pyridine rings is 1. The number of aromatic nitrogens is 1. The highest BCUT2D eigenvalue weighted by Gasteiger charge is 2.44. The van der Waals surface area contributed by atoms with Gasteiger partial charge < -0.3 is 5.11 Å². The topological polar surface area (TPSA) is 45.5 Å². The Kier molecular flexibility index (Phi) is 9.29. The number of fused-ring (bicyclic) bond motifs is 1. The monoisotopic (exact) mass is 666 g/mol. The lowest BCUT2D eigenvalue weighted by Crippen LogP contribution is -2.74. The van der Waals surface area contributed by atoms with Crippen LogP contribution in [0.15, 0.2) is 163 Å². The SMILES string of the molecule is CC(C)c1cccc(C(C)C)c1N=Cc1cccc(-c2c(O)c([Si](c3ccccc3)(c3ccccc3)c3ccccc3)cc3ccccc23)n1. The molecule has 0 bridgehead atoms. The number of phenols is 1. The van der Waals surface area contributed by atoms with E-state index in [1.165, 1.54) is 26.7 Å². The average Bonchev–Trinajstić information content (AvgIpc) is 3.15.